The maximum Gasteiger partial charge on any atom is 0.346 e. The molecule has 2 heterocycles. The molecule has 1 aromatic rings. The molecule has 0 unspecified atom stereocenters. The molecular weight excluding hydrogens is 250 g/mol. The standard InChI is InChI=1S/C12H11N3O2S/c1-2-17-12(16)10-8-15(7-5-13)9-4-3-6-14-11(9)18-10/h3-4,6,8H,2,7H2,1H3. The zero-order valence-corrected chi connectivity index (χ0v) is 10.6. The minimum atomic E-state index is -0.387. The van der Waals surface area contributed by atoms with Gasteiger partial charge in [-0.1, -0.05) is 11.8 Å². The third-order valence-corrected chi connectivity index (χ3v) is 3.26. The number of nitrogens with zero attached hydrogens (tertiary/aromatic N) is 3. The lowest BCUT2D eigenvalue weighted by molar-refractivity contribution is -0.137. The number of esters is 1. The van der Waals surface area contributed by atoms with Crippen LogP contribution in [0.15, 0.2) is 34.5 Å². The first-order valence-corrected chi connectivity index (χ1v) is 6.23. The molecule has 1 aliphatic rings. The number of pyridine rings is 1. The molecule has 0 amide bonds. The van der Waals surface area contributed by atoms with Crippen LogP contribution in [0, 0.1) is 11.3 Å². The smallest absolute Gasteiger partial charge is 0.346 e. The Morgan fingerprint density at radius 1 is 1.67 bits per heavy atom. The first kappa shape index (κ1) is 12.5. The van der Waals surface area contributed by atoms with Crippen LogP contribution in [-0.4, -0.2) is 24.1 Å². The lowest BCUT2D eigenvalue weighted by Gasteiger charge is -2.24. The van der Waals surface area contributed by atoms with Crippen LogP contribution in [0.1, 0.15) is 6.92 Å². The van der Waals surface area contributed by atoms with Gasteiger partial charge >= 0.3 is 5.97 Å². The molecule has 0 fully saturated rings. The van der Waals surface area contributed by atoms with E-state index in [9.17, 15) is 4.79 Å². The summed E-state index contributed by atoms with van der Waals surface area (Å²) in [5.41, 5.74) is 0.831. The number of ether oxygens (including phenoxy) is 1. The molecule has 1 aromatic heterocycles. The molecule has 0 bridgehead atoms. The molecule has 0 radical (unpaired) electrons. The van der Waals surface area contributed by atoms with Crippen molar-refractivity contribution in [3.05, 3.63) is 29.4 Å². The number of rotatable bonds is 3. The summed E-state index contributed by atoms with van der Waals surface area (Å²) in [5, 5.41) is 9.51. The monoisotopic (exact) mass is 261 g/mol. The Bertz CT molecular complexity index is 536. The zero-order valence-electron chi connectivity index (χ0n) is 9.79. The van der Waals surface area contributed by atoms with E-state index in [4.69, 9.17) is 10.00 Å². The SMILES string of the molecule is CCOC(=O)C1=CN(CC#N)c2cccnc2S1. The Morgan fingerprint density at radius 2 is 2.50 bits per heavy atom. The molecule has 0 atom stereocenters. The van der Waals surface area contributed by atoms with Crippen LogP contribution < -0.4 is 4.90 Å². The third-order valence-electron chi connectivity index (χ3n) is 2.26. The second kappa shape index (κ2) is 5.56. The molecule has 92 valence electrons. The molecule has 0 saturated heterocycles. The van der Waals surface area contributed by atoms with Crippen molar-refractivity contribution in [2.24, 2.45) is 0 Å². The maximum atomic E-state index is 11.7. The van der Waals surface area contributed by atoms with E-state index >= 15 is 0 Å². The van der Waals surface area contributed by atoms with E-state index in [2.05, 4.69) is 11.1 Å². The average molecular weight is 261 g/mol. The molecule has 0 aliphatic carbocycles. The van der Waals surface area contributed by atoms with E-state index in [0.29, 0.717) is 16.5 Å². The molecule has 0 saturated carbocycles. The number of hydrogen-bond donors (Lipinski definition) is 0. The molecular formula is C12H11N3O2S. The Labute approximate surface area is 109 Å². The van der Waals surface area contributed by atoms with Crippen LogP contribution in [-0.2, 0) is 9.53 Å². The summed E-state index contributed by atoms with van der Waals surface area (Å²) in [7, 11) is 0. The highest BCUT2D eigenvalue weighted by Gasteiger charge is 2.23. The van der Waals surface area contributed by atoms with Gasteiger partial charge < -0.3 is 9.64 Å². The molecule has 0 spiro atoms. The van der Waals surface area contributed by atoms with Gasteiger partial charge in [0.25, 0.3) is 0 Å². The summed E-state index contributed by atoms with van der Waals surface area (Å²) < 4.78 is 4.96. The molecule has 18 heavy (non-hydrogen) atoms. The van der Waals surface area contributed by atoms with Crippen LogP contribution in [0.4, 0.5) is 5.69 Å². The molecule has 5 nitrogen and oxygen atoms in total. The van der Waals surface area contributed by atoms with E-state index in [1.165, 1.54) is 11.8 Å². The summed E-state index contributed by atoms with van der Waals surface area (Å²) in [6.07, 6.45) is 3.29. The molecule has 1 aliphatic heterocycles. The zero-order chi connectivity index (χ0) is 13.0. The first-order valence-electron chi connectivity index (χ1n) is 5.41. The Morgan fingerprint density at radius 3 is 3.22 bits per heavy atom. The van der Waals surface area contributed by atoms with E-state index in [1.54, 1.807) is 30.3 Å². The fourth-order valence-electron chi connectivity index (χ4n) is 1.52. The van der Waals surface area contributed by atoms with Gasteiger partial charge in [-0.2, -0.15) is 5.26 Å². The minimum Gasteiger partial charge on any atom is -0.462 e. The highest BCUT2D eigenvalue weighted by molar-refractivity contribution is 8.04. The van der Waals surface area contributed by atoms with Crippen molar-refractivity contribution >= 4 is 23.4 Å². The van der Waals surface area contributed by atoms with Gasteiger partial charge in [-0.15, -0.1) is 0 Å². The third kappa shape index (κ3) is 2.46. The largest absolute Gasteiger partial charge is 0.462 e. The van der Waals surface area contributed by atoms with E-state index in [0.717, 1.165) is 5.69 Å². The van der Waals surface area contributed by atoms with Gasteiger partial charge in [0.2, 0.25) is 0 Å². The summed E-state index contributed by atoms with van der Waals surface area (Å²) >= 11 is 1.26. The summed E-state index contributed by atoms with van der Waals surface area (Å²) in [6, 6.07) is 5.73. The first-order chi connectivity index (χ1) is 8.76. The number of carbonyl (C=O) groups is 1. The van der Waals surface area contributed by atoms with Crippen molar-refractivity contribution in [2.45, 2.75) is 11.9 Å². The van der Waals surface area contributed by atoms with Crippen molar-refractivity contribution in [1.82, 2.24) is 4.98 Å². The Kier molecular flexibility index (Phi) is 3.85. The quantitative estimate of drug-likeness (QED) is 0.611. The normalized spacial score (nSPS) is 13.3. The van der Waals surface area contributed by atoms with E-state index in [1.807, 2.05) is 6.07 Å². The molecule has 0 aromatic carbocycles. The minimum absolute atomic E-state index is 0.169. The number of carbonyl (C=O) groups excluding carboxylic acids is 1. The van der Waals surface area contributed by atoms with Gasteiger partial charge in [-0.3, -0.25) is 0 Å². The van der Waals surface area contributed by atoms with Crippen LogP contribution in [0.5, 0.6) is 0 Å². The molecule has 0 N–H and O–H groups in total. The predicted molar refractivity (Wildman–Crippen MR) is 67.8 cm³/mol. The van der Waals surface area contributed by atoms with Crippen LogP contribution >= 0.6 is 11.8 Å². The van der Waals surface area contributed by atoms with Crippen molar-refractivity contribution in [3.8, 4) is 6.07 Å². The predicted octanol–water partition coefficient (Wildman–Crippen LogP) is 1.92. The number of thioether (sulfide) groups is 1. The van der Waals surface area contributed by atoms with Gasteiger partial charge in [0, 0.05) is 12.4 Å². The molecule has 6 heteroatoms. The van der Waals surface area contributed by atoms with E-state index < -0.39 is 0 Å². The van der Waals surface area contributed by atoms with Crippen molar-refractivity contribution in [1.29, 1.82) is 5.26 Å². The fraction of sp³-hybridized carbons (Fsp3) is 0.250. The maximum absolute atomic E-state index is 11.7. The summed E-state index contributed by atoms with van der Waals surface area (Å²) in [6.45, 7) is 2.25. The topological polar surface area (TPSA) is 66.2 Å². The van der Waals surface area contributed by atoms with Gasteiger partial charge in [0.1, 0.15) is 16.5 Å². The highest BCUT2D eigenvalue weighted by atomic mass is 32.2. The number of fused-ring (bicyclic) bond motifs is 1. The molecule has 2 rings (SSSR count). The van der Waals surface area contributed by atoms with Crippen LogP contribution in [0.2, 0.25) is 0 Å². The Hall–Kier alpha value is -2.00. The van der Waals surface area contributed by atoms with Gasteiger partial charge in [0.05, 0.1) is 18.4 Å². The summed E-state index contributed by atoms with van der Waals surface area (Å²) in [4.78, 5) is 18.1. The fourth-order valence-corrected chi connectivity index (χ4v) is 2.46. The van der Waals surface area contributed by atoms with Crippen molar-refractivity contribution in [2.75, 3.05) is 18.1 Å². The lowest BCUT2D eigenvalue weighted by atomic mass is 10.3. The summed E-state index contributed by atoms with van der Waals surface area (Å²) in [5.74, 6) is -0.387. The number of hydrogen-bond acceptors (Lipinski definition) is 6. The average Bonchev–Trinajstić information content (AvgIpc) is 2.39. The van der Waals surface area contributed by atoms with Gasteiger partial charge in [-0.05, 0) is 19.1 Å². The number of anilines is 1. The van der Waals surface area contributed by atoms with E-state index in [-0.39, 0.29) is 12.5 Å². The second-order valence-electron chi connectivity index (χ2n) is 3.43. The Balaban J connectivity index is 2.32. The van der Waals surface area contributed by atoms with Crippen molar-refractivity contribution < 1.29 is 9.53 Å². The van der Waals surface area contributed by atoms with Crippen LogP contribution in [0.25, 0.3) is 0 Å². The number of aromatic nitrogens is 1. The van der Waals surface area contributed by atoms with Gasteiger partial charge in [0.15, 0.2) is 0 Å². The van der Waals surface area contributed by atoms with Crippen molar-refractivity contribution in [3.63, 3.8) is 0 Å². The van der Waals surface area contributed by atoms with Crippen LogP contribution in [0.3, 0.4) is 0 Å². The lowest BCUT2D eigenvalue weighted by Crippen LogP contribution is -2.22. The second-order valence-corrected chi connectivity index (χ2v) is 4.46. The number of nitriles is 1. The highest BCUT2D eigenvalue weighted by Crippen LogP contribution is 2.38. The van der Waals surface area contributed by atoms with Gasteiger partial charge in [-0.25, -0.2) is 9.78 Å².